The molecule has 1 aromatic heterocycles. The highest BCUT2D eigenvalue weighted by Gasteiger charge is 2.14. The SMILES string of the molecule is Cc1ccn(CCc2ccc(S(N)(=O)=O)cc2)c(=O)c1C(=O)O. The van der Waals surface area contributed by atoms with Gasteiger partial charge in [0.05, 0.1) is 4.90 Å². The Morgan fingerprint density at radius 1 is 1.22 bits per heavy atom. The summed E-state index contributed by atoms with van der Waals surface area (Å²) in [7, 11) is -3.73. The predicted octanol–water partition coefficient (Wildman–Crippen LogP) is 0.745. The molecule has 0 atom stereocenters. The lowest BCUT2D eigenvalue weighted by Gasteiger charge is -2.09. The fourth-order valence-electron chi connectivity index (χ4n) is 2.20. The quantitative estimate of drug-likeness (QED) is 0.835. The molecule has 0 bridgehead atoms. The molecular weight excluding hydrogens is 320 g/mol. The van der Waals surface area contributed by atoms with Gasteiger partial charge in [-0.2, -0.15) is 0 Å². The van der Waals surface area contributed by atoms with E-state index in [1.807, 2.05) is 0 Å². The summed E-state index contributed by atoms with van der Waals surface area (Å²) in [6.45, 7) is 1.86. The van der Waals surface area contributed by atoms with Crippen molar-refractivity contribution in [1.29, 1.82) is 0 Å². The summed E-state index contributed by atoms with van der Waals surface area (Å²) < 4.78 is 23.7. The number of hydrogen-bond donors (Lipinski definition) is 2. The molecule has 0 radical (unpaired) electrons. The van der Waals surface area contributed by atoms with E-state index in [-0.39, 0.29) is 17.0 Å². The summed E-state index contributed by atoms with van der Waals surface area (Å²) in [6.07, 6.45) is 2.00. The Balaban J connectivity index is 2.20. The van der Waals surface area contributed by atoms with Crippen molar-refractivity contribution in [3.8, 4) is 0 Å². The normalized spacial score (nSPS) is 11.4. The van der Waals surface area contributed by atoms with E-state index < -0.39 is 21.6 Å². The third-order valence-electron chi connectivity index (χ3n) is 3.48. The second kappa shape index (κ2) is 6.35. The average molecular weight is 336 g/mol. The first kappa shape index (κ1) is 16.9. The smallest absolute Gasteiger partial charge is 0.341 e. The summed E-state index contributed by atoms with van der Waals surface area (Å²) in [5.74, 6) is -1.25. The fraction of sp³-hybridized carbons (Fsp3) is 0.200. The van der Waals surface area contributed by atoms with Crippen LogP contribution in [-0.4, -0.2) is 24.1 Å². The monoisotopic (exact) mass is 336 g/mol. The number of rotatable bonds is 5. The van der Waals surface area contributed by atoms with E-state index in [0.717, 1.165) is 5.56 Å². The third kappa shape index (κ3) is 3.85. The van der Waals surface area contributed by atoms with Gasteiger partial charge in [0.2, 0.25) is 10.0 Å². The van der Waals surface area contributed by atoms with Crippen LogP contribution >= 0.6 is 0 Å². The Kier molecular flexibility index (Phi) is 4.67. The van der Waals surface area contributed by atoms with Crippen molar-refractivity contribution in [3.05, 3.63) is 63.6 Å². The van der Waals surface area contributed by atoms with Gasteiger partial charge in [-0.25, -0.2) is 18.4 Å². The molecule has 3 N–H and O–H groups in total. The van der Waals surface area contributed by atoms with E-state index in [1.165, 1.54) is 16.7 Å². The minimum atomic E-state index is -3.73. The third-order valence-corrected chi connectivity index (χ3v) is 4.41. The van der Waals surface area contributed by atoms with Crippen molar-refractivity contribution in [3.63, 3.8) is 0 Å². The largest absolute Gasteiger partial charge is 0.477 e. The number of aromatic carboxylic acids is 1. The van der Waals surface area contributed by atoms with Crippen molar-refractivity contribution in [2.24, 2.45) is 5.14 Å². The molecule has 23 heavy (non-hydrogen) atoms. The van der Waals surface area contributed by atoms with Gasteiger partial charge in [0.1, 0.15) is 5.56 Å². The Morgan fingerprint density at radius 2 is 1.83 bits per heavy atom. The van der Waals surface area contributed by atoms with Gasteiger partial charge in [0.25, 0.3) is 5.56 Å². The molecule has 1 aromatic carbocycles. The summed E-state index contributed by atoms with van der Waals surface area (Å²) in [5, 5.41) is 14.1. The van der Waals surface area contributed by atoms with Crippen molar-refractivity contribution in [2.45, 2.75) is 24.8 Å². The lowest BCUT2D eigenvalue weighted by Crippen LogP contribution is -2.27. The maximum atomic E-state index is 12.1. The zero-order valence-corrected chi connectivity index (χ0v) is 13.2. The predicted molar refractivity (Wildman–Crippen MR) is 83.9 cm³/mol. The second-order valence-electron chi connectivity index (χ2n) is 5.12. The Bertz CT molecular complexity index is 898. The zero-order chi connectivity index (χ0) is 17.2. The van der Waals surface area contributed by atoms with Gasteiger partial charge < -0.3 is 9.67 Å². The highest BCUT2D eigenvalue weighted by molar-refractivity contribution is 7.89. The first-order valence-electron chi connectivity index (χ1n) is 6.75. The summed E-state index contributed by atoms with van der Waals surface area (Å²) in [6, 6.07) is 7.58. The van der Waals surface area contributed by atoms with Crippen LogP contribution in [0.25, 0.3) is 0 Å². The van der Waals surface area contributed by atoms with Gasteiger partial charge in [-0.1, -0.05) is 12.1 Å². The molecule has 0 aliphatic carbocycles. The number of aryl methyl sites for hydroxylation is 3. The number of benzene rings is 1. The topological polar surface area (TPSA) is 119 Å². The highest BCUT2D eigenvalue weighted by Crippen LogP contribution is 2.10. The Labute approximate surface area is 133 Å². The molecule has 0 amide bonds. The van der Waals surface area contributed by atoms with Gasteiger partial charge in [-0.05, 0) is 42.7 Å². The van der Waals surface area contributed by atoms with Crippen molar-refractivity contribution in [1.82, 2.24) is 4.57 Å². The number of pyridine rings is 1. The number of carbonyl (C=O) groups is 1. The molecular formula is C15H16N2O5S. The lowest BCUT2D eigenvalue weighted by atomic mass is 10.1. The molecule has 8 heteroatoms. The van der Waals surface area contributed by atoms with Crippen LogP contribution in [0.1, 0.15) is 21.5 Å². The number of nitrogens with zero attached hydrogens (tertiary/aromatic N) is 1. The second-order valence-corrected chi connectivity index (χ2v) is 6.68. The highest BCUT2D eigenvalue weighted by atomic mass is 32.2. The van der Waals surface area contributed by atoms with Crippen molar-refractivity contribution >= 4 is 16.0 Å². The zero-order valence-electron chi connectivity index (χ0n) is 12.4. The number of aromatic nitrogens is 1. The first-order chi connectivity index (χ1) is 10.7. The van der Waals surface area contributed by atoms with Gasteiger partial charge in [-0.3, -0.25) is 4.79 Å². The van der Waals surface area contributed by atoms with E-state index in [9.17, 15) is 18.0 Å². The molecule has 0 saturated heterocycles. The van der Waals surface area contributed by atoms with Crippen LogP contribution in [0.2, 0.25) is 0 Å². The number of primary sulfonamides is 1. The molecule has 0 saturated carbocycles. The van der Waals surface area contributed by atoms with Crippen molar-refractivity contribution < 1.29 is 18.3 Å². The van der Waals surface area contributed by atoms with Crippen LogP contribution in [0.5, 0.6) is 0 Å². The molecule has 2 aromatic rings. The van der Waals surface area contributed by atoms with E-state index >= 15 is 0 Å². The van der Waals surface area contributed by atoms with Crippen LogP contribution in [0.3, 0.4) is 0 Å². The number of sulfonamides is 1. The minimum Gasteiger partial charge on any atom is -0.477 e. The van der Waals surface area contributed by atoms with Gasteiger partial charge >= 0.3 is 5.97 Å². The Hall–Kier alpha value is -2.45. The van der Waals surface area contributed by atoms with Crippen LogP contribution in [0.4, 0.5) is 0 Å². The number of hydrogen-bond acceptors (Lipinski definition) is 4. The van der Waals surface area contributed by atoms with Crippen LogP contribution in [-0.2, 0) is 23.0 Å². The maximum absolute atomic E-state index is 12.1. The van der Waals surface area contributed by atoms with E-state index in [1.54, 1.807) is 31.3 Å². The summed E-state index contributed by atoms with van der Waals surface area (Å²) >= 11 is 0. The molecule has 1 heterocycles. The molecule has 2 rings (SSSR count). The first-order valence-corrected chi connectivity index (χ1v) is 8.30. The number of carboxylic acid groups (broad SMARTS) is 1. The minimum absolute atomic E-state index is 0.0157. The van der Waals surface area contributed by atoms with E-state index in [2.05, 4.69) is 0 Å². The molecule has 0 unspecified atom stereocenters. The van der Waals surface area contributed by atoms with Crippen molar-refractivity contribution in [2.75, 3.05) is 0 Å². The van der Waals surface area contributed by atoms with Crippen LogP contribution in [0, 0.1) is 6.92 Å². The van der Waals surface area contributed by atoms with E-state index in [4.69, 9.17) is 10.2 Å². The molecule has 7 nitrogen and oxygen atoms in total. The number of nitrogens with two attached hydrogens (primary N) is 1. The summed E-state index contributed by atoms with van der Waals surface area (Å²) in [5.41, 5.74) is 0.425. The van der Waals surface area contributed by atoms with Crippen LogP contribution < -0.4 is 10.7 Å². The molecule has 0 aliphatic rings. The van der Waals surface area contributed by atoms with E-state index in [0.29, 0.717) is 12.0 Å². The van der Waals surface area contributed by atoms with Gasteiger partial charge in [-0.15, -0.1) is 0 Å². The average Bonchev–Trinajstić information content (AvgIpc) is 2.45. The molecule has 122 valence electrons. The summed E-state index contributed by atoms with van der Waals surface area (Å²) in [4.78, 5) is 23.3. The van der Waals surface area contributed by atoms with Crippen LogP contribution in [0.15, 0.2) is 46.2 Å². The van der Waals surface area contributed by atoms with Gasteiger partial charge in [0, 0.05) is 12.7 Å². The van der Waals surface area contributed by atoms with Gasteiger partial charge in [0.15, 0.2) is 0 Å². The molecule has 0 aliphatic heterocycles. The molecule has 0 fully saturated rings. The molecule has 0 spiro atoms. The lowest BCUT2D eigenvalue weighted by molar-refractivity contribution is 0.0693. The standard InChI is InChI=1S/C15H16N2O5S/c1-10-6-8-17(14(18)13(10)15(19)20)9-7-11-2-4-12(5-3-11)23(16,21)22/h2-6,8H,7,9H2,1H3,(H,19,20)(H2,16,21,22). The fourth-order valence-corrected chi connectivity index (χ4v) is 2.71. The number of carboxylic acids is 1. The Morgan fingerprint density at radius 3 is 2.35 bits per heavy atom. The maximum Gasteiger partial charge on any atom is 0.341 e.